The van der Waals surface area contributed by atoms with Gasteiger partial charge in [0.1, 0.15) is 6.33 Å². The van der Waals surface area contributed by atoms with E-state index in [1.165, 1.54) is 5.69 Å². The number of furan rings is 1. The highest BCUT2D eigenvalue weighted by molar-refractivity contribution is 5.83. The summed E-state index contributed by atoms with van der Waals surface area (Å²) in [6, 6.07) is 17.0. The minimum absolute atomic E-state index is 0.685. The zero-order valence-corrected chi connectivity index (χ0v) is 18.4. The van der Waals surface area contributed by atoms with E-state index in [0.717, 1.165) is 54.0 Å². The molecule has 8 heteroatoms. The normalized spacial score (nSPS) is 14.9. The Morgan fingerprint density at radius 3 is 2.61 bits per heavy atom. The molecule has 1 fully saturated rings. The third kappa shape index (κ3) is 3.89. The van der Waals surface area contributed by atoms with Crippen LogP contribution < -0.4 is 4.90 Å². The molecular formula is C25H24N6O2. The molecular weight excluding hydrogens is 416 g/mol. The molecule has 0 aliphatic carbocycles. The van der Waals surface area contributed by atoms with Gasteiger partial charge in [-0.3, -0.25) is 9.47 Å². The Kier molecular flexibility index (Phi) is 4.92. The van der Waals surface area contributed by atoms with Crippen LogP contribution in [-0.2, 0) is 6.54 Å². The minimum atomic E-state index is 0.685. The molecule has 0 unspecified atom stereocenters. The fourth-order valence-corrected chi connectivity index (χ4v) is 4.43. The van der Waals surface area contributed by atoms with Gasteiger partial charge in [-0.2, -0.15) is 4.98 Å². The SMILES string of the molecule is Cc1noc(CN2CCN(c3cccc(-n4cnc5cc(-c6ccoc6)ccc54)c3)CC2)n1. The first kappa shape index (κ1) is 19.8. The number of hydrogen-bond acceptors (Lipinski definition) is 7. The van der Waals surface area contributed by atoms with Crippen molar-refractivity contribution < 1.29 is 8.94 Å². The summed E-state index contributed by atoms with van der Waals surface area (Å²) in [5, 5.41) is 3.88. The lowest BCUT2D eigenvalue weighted by Crippen LogP contribution is -2.46. The molecule has 1 aliphatic rings. The van der Waals surface area contributed by atoms with Gasteiger partial charge in [0.2, 0.25) is 5.89 Å². The van der Waals surface area contributed by atoms with Gasteiger partial charge in [0.15, 0.2) is 5.82 Å². The van der Waals surface area contributed by atoms with Crippen LogP contribution in [0.25, 0.3) is 27.8 Å². The Balaban J connectivity index is 1.19. The number of nitrogens with zero attached hydrogens (tertiary/aromatic N) is 6. The van der Waals surface area contributed by atoms with Crippen molar-refractivity contribution in [2.75, 3.05) is 31.1 Å². The van der Waals surface area contributed by atoms with Crippen LogP contribution in [0.2, 0.25) is 0 Å². The fourth-order valence-electron chi connectivity index (χ4n) is 4.43. The maximum Gasteiger partial charge on any atom is 0.240 e. The molecule has 8 nitrogen and oxygen atoms in total. The predicted molar refractivity (Wildman–Crippen MR) is 125 cm³/mol. The monoisotopic (exact) mass is 440 g/mol. The van der Waals surface area contributed by atoms with E-state index in [1.807, 2.05) is 19.3 Å². The molecule has 0 radical (unpaired) electrons. The summed E-state index contributed by atoms with van der Waals surface area (Å²) in [6.07, 6.45) is 5.34. The maximum absolute atomic E-state index is 5.27. The smallest absolute Gasteiger partial charge is 0.240 e. The van der Waals surface area contributed by atoms with Crippen molar-refractivity contribution in [3.05, 3.63) is 79.1 Å². The maximum atomic E-state index is 5.27. The molecule has 0 amide bonds. The number of aromatic nitrogens is 4. The van der Waals surface area contributed by atoms with E-state index in [0.29, 0.717) is 18.3 Å². The van der Waals surface area contributed by atoms with Gasteiger partial charge in [0.25, 0.3) is 0 Å². The molecule has 0 bridgehead atoms. The van der Waals surface area contributed by atoms with Crippen molar-refractivity contribution in [3.8, 4) is 16.8 Å². The number of benzene rings is 2. The summed E-state index contributed by atoms with van der Waals surface area (Å²) in [4.78, 5) is 13.8. The Bertz CT molecular complexity index is 1380. The lowest BCUT2D eigenvalue weighted by molar-refractivity contribution is 0.215. The lowest BCUT2D eigenvalue weighted by Gasteiger charge is -2.35. The second-order valence-corrected chi connectivity index (χ2v) is 8.35. The minimum Gasteiger partial charge on any atom is -0.472 e. The molecule has 0 saturated carbocycles. The van der Waals surface area contributed by atoms with Gasteiger partial charge in [-0.05, 0) is 48.9 Å². The van der Waals surface area contributed by atoms with Crippen LogP contribution in [-0.4, -0.2) is 50.8 Å². The number of fused-ring (bicyclic) bond motifs is 1. The van der Waals surface area contributed by atoms with Gasteiger partial charge >= 0.3 is 0 Å². The molecule has 1 aliphatic heterocycles. The quantitative estimate of drug-likeness (QED) is 0.403. The molecule has 0 atom stereocenters. The Labute approximate surface area is 191 Å². The summed E-state index contributed by atoms with van der Waals surface area (Å²) in [5.74, 6) is 1.37. The number of hydrogen-bond donors (Lipinski definition) is 0. The molecule has 0 spiro atoms. The van der Waals surface area contributed by atoms with Gasteiger partial charge in [-0.25, -0.2) is 4.98 Å². The lowest BCUT2D eigenvalue weighted by atomic mass is 10.1. The first-order valence-electron chi connectivity index (χ1n) is 11.1. The van der Waals surface area contributed by atoms with Gasteiger partial charge < -0.3 is 13.8 Å². The molecule has 3 aromatic heterocycles. The number of imidazole rings is 1. The van der Waals surface area contributed by atoms with Crippen LogP contribution in [0.3, 0.4) is 0 Å². The fraction of sp³-hybridized carbons (Fsp3) is 0.240. The standard InChI is InChI=1S/C25H24N6O2/c1-18-27-25(33-28-18)15-29-8-10-30(11-9-29)21-3-2-4-22(14-21)31-17-26-23-13-19(5-6-24(23)31)20-7-12-32-16-20/h2-7,12-14,16-17H,8-11,15H2,1H3. The van der Waals surface area contributed by atoms with Crippen molar-refractivity contribution >= 4 is 16.7 Å². The Hall–Kier alpha value is -3.91. The first-order valence-corrected chi connectivity index (χ1v) is 11.1. The van der Waals surface area contributed by atoms with Gasteiger partial charge in [0.05, 0.1) is 30.1 Å². The molecule has 2 aromatic carbocycles. The first-order chi connectivity index (χ1) is 16.2. The third-order valence-electron chi connectivity index (χ3n) is 6.18. The third-order valence-corrected chi connectivity index (χ3v) is 6.18. The topological polar surface area (TPSA) is 76.4 Å². The van der Waals surface area contributed by atoms with Crippen molar-refractivity contribution in [3.63, 3.8) is 0 Å². The Morgan fingerprint density at radius 1 is 0.939 bits per heavy atom. The highest BCUT2D eigenvalue weighted by Gasteiger charge is 2.20. The molecule has 33 heavy (non-hydrogen) atoms. The van der Waals surface area contributed by atoms with Crippen LogP contribution in [0.5, 0.6) is 0 Å². The summed E-state index contributed by atoms with van der Waals surface area (Å²) >= 11 is 0. The van der Waals surface area contributed by atoms with E-state index >= 15 is 0 Å². The van der Waals surface area contributed by atoms with Crippen LogP contribution in [0.15, 0.2) is 76.3 Å². The van der Waals surface area contributed by atoms with Crippen molar-refractivity contribution in [1.29, 1.82) is 0 Å². The predicted octanol–water partition coefficient (Wildman–Crippen LogP) is 4.30. The molecule has 0 N–H and O–H groups in total. The number of piperazine rings is 1. The van der Waals surface area contributed by atoms with E-state index in [4.69, 9.17) is 8.94 Å². The van der Waals surface area contributed by atoms with E-state index < -0.39 is 0 Å². The zero-order chi connectivity index (χ0) is 22.2. The summed E-state index contributed by atoms with van der Waals surface area (Å²) in [7, 11) is 0. The van der Waals surface area contributed by atoms with Crippen LogP contribution >= 0.6 is 0 Å². The van der Waals surface area contributed by atoms with Gasteiger partial charge in [-0.15, -0.1) is 0 Å². The van der Waals surface area contributed by atoms with E-state index in [2.05, 4.69) is 72.0 Å². The van der Waals surface area contributed by atoms with Crippen LogP contribution in [0.4, 0.5) is 5.69 Å². The van der Waals surface area contributed by atoms with Crippen molar-refractivity contribution in [1.82, 2.24) is 24.6 Å². The van der Waals surface area contributed by atoms with Gasteiger partial charge in [0, 0.05) is 43.1 Å². The summed E-state index contributed by atoms with van der Waals surface area (Å²) < 4.78 is 12.6. The molecule has 166 valence electrons. The summed E-state index contributed by atoms with van der Waals surface area (Å²) in [5.41, 5.74) is 6.53. The molecule has 4 heterocycles. The zero-order valence-electron chi connectivity index (χ0n) is 18.4. The van der Waals surface area contributed by atoms with Crippen LogP contribution in [0.1, 0.15) is 11.7 Å². The average molecular weight is 441 g/mol. The largest absolute Gasteiger partial charge is 0.472 e. The van der Waals surface area contributed by atoms with E-state index in [9.17, 15) is 0 Å². The van der Waals surface area contributed by atoms with Crippen LogP contribution in [0, 0.1) is 6.92 Å². The molecule has 5 aromatic rings. The number of aryl methyl sites for hydroxylation is 1. The molecule has 6 rings (SSSR count). The second-order valence-electron chi connectivity index (χ2n) is 8.35. The number of anilines is 1. The van der Waals surface area contributed by atoms with E-state index in [-0.39, 0.29) is 0 Å². The van der Waals surface area contributed by atoms with Crippen molar-refractivity contribution in [2.45, 2.75) is 13.5 Å². The summed E-state index contributed by atoms with van der Waals surface area (Å²) in [6.45, 7) is 6.37. The Morgan fingerprint density at radius 2 is 1.82 bits per heavy atom. The average Bonchev–Trinajstić information content (AvgIpc) is 3.61. The highest BCUT2D eigenvalue weighted by Crippen LogP contribution is 2.27. The number of rotatable bonds is 5. The van der Waals surface area contributed by atoms with Crippen molar-refractivity contribution in [2.24, 2.45) is 0 Å². The highest BCUT2D eigenvalue weighted by atomic mass is 16.5. The second kappa shape index (κ2) is 8.22. The van der Waals surface area contributed by atoms with Gasteiger partial charge in [-0.1, -0.05) is 17.3 Å². The van der Waals surface area contributed by atoms with E-state index in [1.54, 1.807) is 12.5 Å². The molecule has 1 saturated heterocycles.